The van der Waals surface area contributed by atoms with Gasteiger partial charge in [0, 0.05) is 18.5 Å². The van der Waals surface area contributed by atoms with E-state index < -0.39 is 5.60 Å². The fourth-order valence-corrected chi connectivity index (χ4v) is 3.14. The van der Waals surface area contributed by atoms with Crippen molar-refractivity contribution >= 4 is 29.5 Å². The lowest BCUT2D eigenvalue weighted by molar-refractivity contribution is 0.0185. The van der Waals surface area contributed by atoms with Crippen LogP contribution >= 0.6 is 11.5 Å². The SMILES string of the molecule is CC(C)(C)OC(=O)N1CCC(n2nnnc2NC(=O)c2ccsn2)CC1. The summed E-state index contributed by atoms with van der Waals surface area (Å²) in [6.45, 7) is 6.61. The molecule has 0 spiro atoms. The fraction of sp³-hybridized carbons (Fsp3) is 0.600. The van der Waals surface area contributed by atoms with Crippen LogP contribution in [0.4, 0.5) is 10.7 Å². The number of nitrogens with one attached hydrogen (secondary N) is 1. The molecule has 140 valence electrons. The number of hydrogen-bond donors (Lipinski definition) is 1. The van der Waals surface area contributed by atoms with E-state index in [1.54, 1.807) is 21.0 Å². The quantitative estimate of drug-likeness (QED) is 0.866. The van der Waals surface area contributed by atoms with Crippen molar-refractivity contribution in [2.75, 3.05) is 18.4 Å². The average Bonchev–Trinajstić information content (AvgIpc) is 3.25. The van der Waals surface area contributed by atoms with Crippen LogP contribution in [0.1, 0.15) is 50.1 Å². The second-order valence-corrected chi connectivity index (χ2v) is 7.65. The zero-order valence-electron chi connectivity index (χ0n) is 14.9. The molecule has 10 nitrogen and oxygen atoms in total. The first-order valence-electron chi connectivity index (χ1n) is 8.31. The maximum atomic E-state index is 12.1. The molecule has 0 bridgehead atoms. The number of hydrogen-bond acceptors (Lipinski definition) is 8. The third kappa shape index (κ3) is 4.34. The van der Waals surface area contributed by atoms with Gasteiger partial charge in [0.25, 0.3) is 5.91 Å². The third-order valence-electron chi connectivity index (χ3n) is 3.85. The number of rotatable bonds is 3. The summed E-state index contributed by atoms with van der Waals surface area (Å²) < 4.78 is 11.0. The van der Waals surface area contributed by atoms with E-state index in [9.17, 15) is 9.59 Å². The van der Waals surface area contributed by atoms with Crippen molar-refractivity contribution in [1.29, 1.82) is 0 Å². The first-order chi connectivity index (χ1) is 12.3. The molecule has 1 N–H and O–H groups in total. The van der Waals surface area contributed by atoms with Gasteiger partial charge in [-0.25, -0.2) is 9.48 Å². The molecule has 2 aromatic heterocycles. The Labute approximate surface area is 154 Å². The lowest BCUT2D eigenvalue weighted by atomic mass is 10.1. The fourth-order valence-electron chi connectivity index (χ4n) is 2.64. The molecule has 2 aromatic rings. The molecule has 0 unspecified atom stereocenters. The van der Waals surface area contributed by atoms with E-state index in [-0.39, 0.29) is 24.0 Å². The number of tetrazole rings is 1. The van der Waals surface area contributed by atoms with Crippen LogP contribution in [0, 0.1) is 0 Å². The Hall–Kier alpha value is -2.56. The van der Waals surface area contributed by atoms with Gasteiger partial charge in [-0.2, -0.15) is 4.37 Å². The highest BCUT2D eigenvalue weighted by molar-refractivity contribution is 7.03. The second kappa shape index (κ2) is 7.36. The molecule has 0 atom stereocenters. The molecule has 2 amide bonds. The van der Waals surface area contributed by atoms with E-state index in [1.165, 1.54) is 11.5 Å². The summed E-state index contributed by atoms with van der Waals surface area (Å²) >= 11 is 1.20. The predicted molar refractivity (Wildman–Crippen MR) is 94.0 cm³/mol. The largest absolute Gasteiger partial charge is 0.444 e. The lowest BCUT2D eigenvalue weighted by Gasteiger charge is -2.33. The van der Waals surface area contributed by atoms with Gasteiger partial charge in [0.15, 0.2) is 0 Å². The van der Waals surface area contributed by atoms with Gasteiger partial charge >= 0.3 is 6.09 Å². The van der Waals surface area contributed by atoms with Crippen LogP contribution in [0.15, 0.2) is 11.4 Å². The number of anilines is 1. The number of carbonyl (C=O) groups is 2. The summed E-state index contributed by atoms with van der Waals surface area (Å²) in [6.07, 6.45) is 1.03. The summed E-state index contributed by atoms with van der Waals surface area (Å²) in [7, 11) is 0. The van der Waals surface area contributed by atoms with Crippen LogP contribution in [0.5, 0.6) is 0 Å². The molecule has 1 aliphatic rings. The van der Waals surface area contributed by atoms with Crippen molar-refractivity contribution in [1.82, 2.24) is 29.5 Å². The summed E-state index contributed by atoms with van der Waals surface area (Å²) in [5.74, 6) is -0.0767. The van der Waals surface area contributed by atoms with Crippen LogP contribution in [0.2, 0.25) is 0 Å². The first-order valence-corrected chi connectivity index (χ1v) is 9.14. The third-order valence-corrected chi connectivity index (χ3v) is 4.41. The summed E-state index contributed by atoms with van der Waals surface area (Å²) in [4.78, 5) is 26.0. The lowest BCUT2D eigenvalue weighted by Crippen LogP contribution is -2.42. The number of piperidine rings is 1. The molecular weight excluding hydrogens is 358 g/mol. The molecular formula is C15H21N7O3S. The highest BCUT2D eigenvalue weighted by Gasteiger charge is 2.29. The molecule has 11 heteroatoms. The summed E-state index contributed by atoms with van der Waals surface area (Å²) in [5.41, 5.74) is -0.194. The van der Waals surface area contributed by atoms with Gasteiger partial charge in [-0.1, -0.05) is 5.10 Å². The molecule has 3 rings (SSSR count). The molecule has 0 aromatic carbocycles. The monoisotopic (exact) mass is 379 g/mol. The Morgan fingerprint density at radius 1 is 1.31 bits per heavy atom. The Morgan fingerprint density at radius 3 is 2.65 bits per heavy atom. The standard InChI is InChI=1S/C15H21N7O3S/c1-15(2,3)25-14(24)21-7-4-10(5-8-21)22-13(17-19-20-22)16-12(23)11-6-9-26-18-11/h6,9-10H,4-5,7-8H2,1-3H3,(H,16,17,20,23). The topological polar surface area (TPSA) is 115 Å². The van der Waals surface area contributed by atoms with Crippen LogP contribution in [0.25, 0.3) is 0 Å². The van der Waals surface area contributed by atoms with Crippen molar-refractivity contribution < 1.29 is 14.3 Å². The predicted octanol–water partition coefficient (Wildman–Crippen LogP) is 1.95. The Bertz CT molecular complexity index is 761. The van der Waals surface area contributed by atoms with E-state index in [0.717, 1.165) is 0 Å². The first kappa shape index (κ1) is 18.2. The van der Waals surface area contributed by atoms with Gasteiger partial charge in [0.05, 0.1) is 6.04 Å². The normalized spacial score (nSPS) is 15.7. The van der Waals surface area contributed by atoms with Crippen LogP contribution in [-0.2, 0) is 4.74 Å². The minimum atomic E-state index is -0.517. The molecule has 1 saturated heterocycles. The molecule has 1 fully saturated rings. The van der Waals surface area contributed by atoms with Gasteiger partial charge in [-0.15, -0.1) is 0 Å². The molecule has 0 saturated carbocycles. The van der Waals surface area contributed by atoms with E-state index in [4.69, 9.17) is 4.74 Å². The zero-order chi connectivity index (χ0) is 18.7. The summed E-state index contributed by atoms with van der Waals surface area (Å²) in [6, 6.07) is 1.63. The van der Waals surface area contributed by atoms with Gasteiger partial charge in [-0.3, -0.25) is 10.1 Å². The average molecular weight is 379 g/mol. The van der Waals surface area contributed by atoms with Crippen molar-refractivity contribution in [2.45, 2.75) is 45.3 Å². The minimum absolute atomic E-state index is 0.00517. The number of likely N-dealkylation sites (tertiary alicyclic amines) is 1. The molecule has 1 aliphatic heterocycles. The smallest absolute Gasteiger partial charge is 0.410 e. The van der Waals surface area contributed by atoms with Crippen molar-refractivity contribution in [3.8, 4) is 0 Å². The Balaban J connectivity index is 1.59. The van der Waals surface area contributed by atoms with Gasteiger partial charge in [-0.05, 0) is 61.6 Å². The van der Waals surface area contributed by atoms with Crippen LogP contribution < -0.4 is 5.32 Å². The summed E-state index contributed by atoms with van der Waals surface area (Å²) in [5, 5.41) is 15.9. The van der Waals surface area contributed by atoms with Crippen LogP contribution in [0.3, 0.4) is 0 Å². The Kier molecular flexibility index (Phi) is 5.16. The highest BCUT2D eigenvalue weighted by Crippen LogP contribution is 2.25. The molecule has 0 aliphatic carbocycles. The number of carbonyl (C=O) groups excluding carboxylic acids is 2. The van der Waals surface area contributed by atoms with E-state index in [0.29, 0.717) is 31.6 Å². The zero-order valence-corrected chi connectivity index (χ0v) is 15.7. The number of amides is 2. The van der Waals surface area contributed by atoms with Gasteiger partial charge in [0.1, 0.15) is 11.3 Å². The number of aromatic nitrogens is 5. The molecule has 26 heavy (non-hydrogen) atoms. The van der Waals surface area contributed by atoms with Crippen molar-refractivity contribution in [3.05, 3.63) is 17.1 Å². The van der Waals surface area contributed by atoms with Crippen molar-refractivity contribution in [2.24, 2.45) is 0 Å². The Morgan fingerprint density at radius 2 is 2.04 bits per heavy atom. The second-order valence-electron chi connectivity index (χ2n) is 6.98. The highest BCUT2D eigenvalue weighted by atomic mass is 32.1. The number of ether oxygens (including phenoxy) is 1. The van der Waals surface area contributed by atoms with Crippen LogP contribution in [-0.4, -0.2) is 60.2 Å². The molecule has 3 heterocycles. The maximum absolute atomic E-state index is 12.1. The van der Waals surface area contributed by atoms with E-state index in [2.05, 4.69) is 25.2 Å². The van der Waals surface area contributed by atoms with Gasteiger partial charge in [0.2, 0.25) is 5.95 Å². The van der Waals surface area contributed by atoms with E-state index in [1.807, 2.05) is 20.8 Å². The van der Waals surface area contributed by atoms with Gasteiger partial charge < -0.3 is 9.64 Å². The molecule has 0 radical (unpaired) electrons. The van der Waals surface area contributed by atoms with Crippen molar-refractivity contribution in [3.63, 3.8) is 0 Å². The maximum Gasteiger partial charge on any atom is 0.410 e. The number of nitrogens with zero attached hydrogens (tertiary/aromatic N) is 6. The van der Waals surface area contributed by atoms with E-state index >= 15 is 0 Å². The minimum Gasteiger partial charge on any atom is -0.444 e.